The van der Waals surface area contributed by atoms with Crippen LogP contribution in [0.5, 0.6) is 0 Å². The predicted octanol–water partition coefficient (Wildman–Crippen LogP) is 0.425. The van der Waals surface area contributed by atoms with Crippen LogP contribution in [-0.2, 0) is 22.6 Å². The van der Waals surface area contributed by atoms with Gasteiger partial charge in [-0.1, -0.05) is 11.3 Å². The molecule has 0 aliphatic carbocycles. The van der Waals surface area contributed by atoms with Crippen LogP contribution >= 0.6 is 0 Å². The highest BCUT2D eigenvalue weighted by molar-refractivity contribution is 5.79. The fourth-order valence-corrected chi connectivity index (χ4v) is 1.83. The molecule has 1 heterocycles. The lowest BCUT2D eigenvalue weighted by molar-refractivity contribution is -0.141. The van der Waals surface area contributed by atoms with Crippen LogP contribution in [0.2, 0.25) is 0 Å². The number of nitrogens with zero attached hydrogens (tertiary/aromatic N) is 5. The molecule has 0 amide bonds. The van der Waals surface area contributed by atoms with E-state index in [-0.39, 0.29) is 12.5 Å². The molecule has 0 aliphatic rings. The number of esters is 1. The number of methoxy groups -OCH3 is 1. The molecule has 1 N–H and O–H groups in total. The zero-order valence-corrected chi connectivity index (χ0v) is 13.4. The summed E-state index contributed by atoms with van der Waals surface area (Å²) in [5.41, 5.74) is 0.726. The van der Waals surface area contributed by atoms with E-state index in [1.54, 1.807) is 13.2 Å². The van der Waals surface area contributed by atoms with Crippen LogP contribution in [0.4, 0.5) is 0 Å². The smallest absolute Gasteiger partial charge is 0.327 e. The molecule has 0 saturated carbocycles. The van der Waals surface area contributed by atoms with Crippen molar-refractivity contribution >= 4 is 11.9 Å². The third-order valence-electron chi connectivity index (χ3n) is 3.01. The summed E-state index contributed by atoms with van der Waals surface area (Å²) in [6.07, 6.45) is 5.61. The molecule has 0 radical (unpaired) electrons. The topological polar surface area (TPSA) is 84.6 Å². The number of carbonyl (C=O) groups is 1. The first-order valence-electron chi connectivity index (χ1n) is 7.09. The number of ether oxygens (including phenoxy) is 1. The van der Waals surface area contributed by atoms with Crippen molar-refractivity contribution in [3.63, 3.8) is 0 Å². The SMILES string of the molecule is C=CCCCN(C)C(=NC)NCc1cn(CC(=O)OC)nn1. The first-order valence-corrected chi connectivity index (χ1v) is 7.09. The van der Waals surface area contributed by atoms with E-state index in [4.69, 9.17) is 0 Å². The van der Waals surface area contributed by atoms with E-state index in [0.29, 0.717) is 6.54 Å². The highest BCUT2D eigenvalue weighted by atomic mass is 16.5. The van der Waals surface area contributed by atoms with Crippen molar-refractivity contribution in [2.24, 2.45) is 4.99 Å². The maximum atomic E-state index is 11.2. The summed E-state index contributed by atoms with van der Waals surface area (Å²) < 4.78 is 6.03. The van der Waals surface area contributed by atoms with E-state index in [1.807, 2.05) is 18.0 Å². The standard InChI is InChI=1S/C14H24N6O2/c1-5-6-7-8-19(3)14(15-2)16-9-12-10-20(18-17-12)11-13(21)22-4/h5,10H,1,6-9,11H2,2-4H3,(H,15,16). The van der Waals surface area contributed by atoms with Crippen molar-refractivity contribution < 1.29 is 9.53 Å². The van der Waals surface area contributed by atoms with Crippen molar-refractivity contribution in [3.8, 4) is 0 Å². The molecule has 0 aromatic carbocycles. The van der Waals surface area contributed by atoms with Crippen LogP contribution in [0, 0.1) is 0 Å². The second-order valence-corrected chi connectivity index (χ2v) is 4.74. The summed E-state index contributed by atoms with van der Waals surface area (Å²) in [6, 6.07) is 0. The molecule has 0 bridgehead atoms. The largest absolute Gasteiger partial charge is 0.468 e. The second-order valence-electron chi connectivity index (χ2n) is 4.74. The molecule has 0 unspecified atom stereocenters. The zero-order valence-electron chi connectivity index (χ0n) is 13.4. The van der Waals surface area contributed by atoms with Crippen LogP contribution < -0.4 is 5.32 Å². The minimum Gasteiger partial charge on any atom is -0.468 e. The number of nitrogens with one attached hydrogen (secondary N) is 1. The number of guanidine groups is 1. The molecule has 0 aliphatic heterocycles. The van der Waals surface area contributed by atoms with Crippen LogP contribution in [0.15, 0.2) is 23.8 Å². The van der Waals surface area contributed by atoms with Gasteiger partial charge >= 0.3 is 5.97 Å². The Kier molecular flexibility index (Phi) is 7.66. The monoisotopic (exact) mass is 308 g/mol. The van der Waals surface area contributed by atoms with Crippen molar-refractivity contribution in [1.82, 2.24) is 25.2 Å². The number of unbranched alkanes of at least 4 members (excludes halogenated alkanes) is 1. The Morgan fingerprint density at radius 1 is 1.64 bits per heavy atom. The third kappa shape index (κ3) is 5.94. The van der Waals surface area contributed by atoms with Crippen molar-refractivity contribution in [2.75, 3.05) is 27.7 Å². The number of hydrogen-bond acceptors (Lipinski definition) is 5. The van der Waals surface area contributed by atoms with E-state index < -0.39 is 0 Å². The molecule has 1 aromatic heterocycles. The van der Waals surface area contributed by atoms with Gasteiger partial charge in [-0.05, 0) is 12.8 Å². The summed E-state index contributed by atoms with van der Waals surface area (Å²) in [7, 11) is 5.06. The summed E-state index contributed by atoms with van der Waals surface area (Å²) >= 11 is 0. The van der Waals surface area contributed by atoms with Crippen LogP contribution in [0.25, 0.3) is 0 Å². The molecule has 0 saturated heterocycles. The van der Waals surface area contributed by atoms with Gasteiger partial charge in [0.2, 0.25) is 0 Å². The second kappa shape index (κ2) is 9.54. The average Bonchev–Trinajstić information content (AvgIpc) is 2.95. The minimum atomic E-state index is -0.359. The molecular formula is C14H24N6O2. The Hall–Kier alpha value is -2.38. The van der Waals surface area contributed by atoms with Crippen LogP contribution in [0.3, 0.4) is 0 Å². The summed E-state index contributed by atoms with van der Waals surface area (Å²) in [4.78, 5) is 17.4. The Balaban J connectivity index is 2.46. The maximum Gasteiger partial charge on any atom is 0.327 e. The van der Waals surface area contributed by atoms with Gasteiger partial charge in [-0.25, -0.2) is 4.68 Å². The summed E-state index contributed by atoms with van der Waals surface area (Å²) in [5.74, 6) is 0.425. The van der Waals surface area contributed by atoms with Gasteiger partial charge in [-0.15, -0.1) is 11.7 Å². The number of rotatable bonds is 8. The van der Waals surface area contributed by atoms with Gasteiger partial charge in [0.05, 0.1) is 19.9 Å². The van der Waals surface area contributed by atoms with Gasteiger partial charge in [-0.2, -0.15) is 0 Å². The first-order chi connectivity index (χ1) is 10.6. The Labute approximate surface area is 130 Å². The lowest BCUT2D eigenvalue weighted by Crippen LogP contribution is -2.39. The molecule has 122 valence electrons. The third-order valence-corrected chi connectivity index (χ3v) is 3.01. The Bertz CT molecular complexity index is 511. The molecule has 8 nitrogen and oxygen atoms in total. The molecule has 1 aromatic rings. The fraction of sp³-hybridized carbons (Fsp3) is 0.571. The Morgan fingerprint density at radius 2 is 2.41 bits per heavy atom. The molecular weight excluding hydrogens is 284 g/mol. The highest BCUT2D eigenvalue weighted by Crippen LogP contribution is 1.97. The van der Waals surface area contributed by atoms with Gasteiger partial charge in [-0.3, -0.25) is 9.79 Å². The van der Waals surface area contributed by atoms with Crippen molar-refractivity contribution in [1.29, 1.82) is 0 Å². The first kappa shape index (κ1) is 17.7. The van der Waals surface area contributed by atoms with Gasteiger partial charge < -0.3 is 15.0 Å². The lowest BCUT2D eigenvalue weighted by atomic mass is 10.3. The summed E-state index contributed by atoms with van der Waals surface area (Å²) in [5, 5.41) is 11.1. The fourth-order valence-electron chi connectivity index (χ4n) is 1.83. The lowest BCUT2D eigenvalue weighted by Gasteiger charge is -2.21. The van der Waals surface area contributed by atoms with E-state index in [1.165, 1.54) is 11.8 Å². The van der Waals surface area contributed by atoms with Crippen LogP contribution in [-0.4, -0.2) is 59.6 Å². The number of allylic oxidation sites excluding steroid dienone is 1. The van der Waals surface area contributed by atoms with E-state index >= 15 is 0 Å². The molecule has 0 spiro atoms. The molecule has 0 atom stereocenters. The van der Waals surface area contributed by atoms with Gasteiger partial charge in [0.15, 0.2) is 5.96 Å². The van der Waals surface area contributed by atoms with Crippen LogP contribution in [0.1, 0.15) is 18.5 Å². The molecule has 1 rings (SSSR count). The number of aliphatic imine (C=N–C) groups is 1. The van der Waals surface area contributed by atoms with Gasteiger partial charge in [0.1, 0.15) is 12.2 Å². The number of carbonyl (C=O) groups excluding carboxylic acids is 1. The normalized spacial score (nSPS) is 11.1. The zero-order chi connectivity index (χ0) is 16.4. The van der Waals surface area contributed by atoms with Gasteiger partial charge in [0, 0.05) is 20.6 Å². The molecule has 8 heteroatoms. The summed E-state index contributed by atoms with van der Waals surface area (Å²) in [6.45, 7) is 5.14. The minimum absolute atomic E-state index is 0.0552. The number of hydrogen-bond donors (Lipinski definition) is 1. The highest BCUT2D eigenvalue weighted by Gasteiger charge is 2.08. The average molecular weight is 308 g/mol. The predicted molar refractivity (Wildman–Crippen MR) is 84.3 cm³/mol. The molecule has 0 fully saturated rings. The van der Waals surface area contributed by atoms with Gasteiger partial charge in [0.25, 0.3) is 0 Å². The van der Waals surface area contributed by atoms with E-state index in [0.717, 1.165) is 31.0 Å². The van der Waals surface area contributed by atoms with E-state index in [2.05, 4.69) is 31.9 Å². The van der Waals surface area contributed by atoms with E-state index in [9.17, 15) is 4.79 Å². The Morgan fingerprint density at radius 3 is 3.05 bits per heavy atom. The molecule has 22 heavy (non-hydrogen) atoms. The maximum absolute atomic E-state index is 11.2. The van der Waals surface area contributed by atoms with Crippen molar-refractivity contribution in [2.45, 2.75) is 25.9 Å². The number of aromatic nitrogens is 3. The quantitative estimate of drug-likeness (QED) is 0.246. The van der Waals surface area contributed by atoms with Crippen molar-refractivity contribution in [3.05, 3.63) is 24.5 Å².